The van der Waals surface area contributed by atoms with E-state index in [-0.39, 0.29) is 24.0 Å². The third-order valence-corrected chi connectivity index (χ3v) is 14.1. The van der Waals surface area contributed by atoms with Crippen molar-refractivity contribution in [2.45, 2.75) is 45.3 Å². The second kappa shape index (κ2) is 11.4. The van der Waals surface area contributed by atoms with Gasteiger partial charge in [-0.05, 0) is 63.4 Å². The van der Waals surface area contributed by atoms with Crippen LogP contribution < -0.4 is 15.3 Å². The molecule has 3 aliphatic rings. The second-order valence-corrected chi connectivity index (χ2v) is 17.2. The van der Waals surface area contributed by atoms with Gasteiger partial charge in [0, 0.05) is 19.1 Å². The number of carbonyl (C=O) groups is 2. The van der Waals surface area contributed by atoms with Crippen LogP contribution in [-0.4, -0.2) is 46.2 Å². The number of nitrogens with zero attached hydrogens (tertiary/aromatic N) is 1. The summed E-state index contributed by atoms with van der Waals surface area (Å²) in [6.45, 7) is 9.03. The average Bonchev–Trinajstić information content (AvgIpc) is 3.27. The zero-order valence-electron chi connectivity index (χ0n) is 25.1. The number of halogens is 1. The monoisotopic (exact) mass is 599 g/mol. The number of ether oxygens (including phenoxy) is 2. The number of cyclic esters (lactones) is 1. The SMILES string of the molecule is CC(=O)OC[C@H]1CN(c2ccc(C3=C[C@H]4[C@H](CO[Si](c5ccccc5)(c5ccccc5)C(C)(C)C)[C@H]4C3)c(F)c2)C(=O)O1. The Bertz CT molecular complexity index is 1500. The first kappa shape index (κ1) is 29.3. The van der Waals surface area contributed by atoms with Crippen molar-refractivity contribution < 1.29 is 27.9 Å². The molecule has 6 nitrogen and oxygen atoms in total. The molecule has 6 rings (SSSR count). The van der Waals surface area contributed by atoms with E-state index in [0.717, 1.165) is 12.0 Å². The average molecular weight is 600 g/mol. The molecule has 0 radical (unpaired) electrons. The van der Waals surface area contributed by atoms with E-state index in [1.165, 1.54) is 28.3 Å². The van der Waals surface area contributed by atoms with E-state index in [4.69, 9.17) is 13.9 Å². The van der Waals surface area contributed by atoms with Crippen LogP contribution in [0, 0.1) is 23.6 Å². The zero-order valence-corrected chi connectivity index (χ0v) is 26.1. The fraction of sp³-hybridized carbons (Fsp3) is 0.371. The summed E-state index contributed by atoms with van der Waals surface area (Å²) < 4.78 is 32.8. The van der Waals surface area contributed by atoms with Crippen LogP contribution in [-0.2, 0) is 18.7 Å². The number of anilines is 1. The maximum absolute atomic E-state index is 15.4. The van der Waals surface area contributed by atoms with Crippen LogP contribution in [0.25, 0.3) is 5.57 Å². The van der Waals surface area contributed by atoms with Gasteiger partial charge >= 0.3 is 12.1 Å². The lowest BCUT2D eigenvalue weighted by Gasteiger charge is -2.43. The summed E-state index contributed by atoms with van der Waals surface area (Å²) in [5.74, 6) is 0.443. The molecule has 3 aromatic carbocycles. The van der Waals surface area contributed by atoms with Gasteiger partial charge in [-0.25, -0.2) is 9.18 Å². The normalized spacial score (nSPS) is 23.0. The second-order valence-electron chi connectivity index (χ2n) is 12.9. The third kappa shape index (κ3) is 5.54. The molecule has 0 spiro atoms. The summed E-state index contributed by atoms with van der Waals surface area (Å²) in [6.07, 6.45) is 1.88. The third-order valence-electron chi connectivity index (χ3n) is 9.11. The van der Waals surface area contributed by atoms with Crippen LogP contribution in [0.5, 0.6) is 0 Å². The summed E-state index contributed by atoms with van der Waals surface area (Å²) in [7, 11) is -2.60. The predicted molar refractivity (Wildman–Crippen MR) is 167 cm³/mol. The van der Waals surface area contributed by atoms with E-state index in [1.54, 1.807) is 12.1 Å². The zero-order chi connectivity index (χ0) is 30.4. The van der Waals surface area contributed by atoms with Crippen molar-refractivity contribution in [3.05, 3.63) is 96.3 Å². The molecule has 8 heteroatoms. The molecule has 0 bridgehead atoms. The van der Waals surface area contributed by atoms with Crippen molar-refractivity contribution in [2.75, 3.05) is 24.7 Å². The predicted octanol–water partition coefficient (Wildman–Crippen LogP) is 5.94. The molecule has 1 saturated heterocycles. The van der Waals surface area contributed by atoms with Gasteiger partial charge < -0.3 is 13.9 Å². The highest BCUT2D eigenvalue weighted by atomic mass is 28.4. The van der Waals surface area contributed by atoms with Crippen LogP contribution in [0.15, 0.2) is 84.9 Å². The molecule has 224 valence electrons. The van der Waals surface area contributed by atoms with E-state index in [0.29, 0.717) is 35.6 Å². The number of rotatable bonds is 9. The first-order valence-electron chi connectivity index (χ1n) is 15.0. The number of amides is 1. The van der Waals surface area contributed by atoms with Crippen LogP contribution in [0.1, 0.15) is 39.7 Å². The minimum atomic E-state index is -2.60. The molecule has 1 heterocycles. The number of benzene rings is 3. The fourth-order valence-corrected chi connectivity index (χ4v) is 11.5. The molecule has 1 saturated carbocycles. The van der Waals surface area contributed by atoms with Crippen LogP contribution in [0.4, 0.5) is 14.9 Å². The Labute approximate surface area is 253 Å². The molecule has 0 unspecified atom stereocenters. The van der Waals surface area contributed by atoms with Crippen molar-refractivity contribution in [2.24, 2.45) is 17.8 Å². The van der Waals surface area contributed by atoms with Crippen LogP contribution in [0.2, 0.25) is 5.04 Å². The molecule has 0 N–H and O–H groups in total. The van der Waals surface area contributed by atoms with E-state index < -0.39 is 26.5 Å². The van der Waals surface area contributed by atoms with Crippen LogP contribution in [0.3, 0.4) is 0 Å². The minimum Gasteiger partial charge on any atom is -0.462 e. The highest BCUT2D eigenvalue weighted by Gasteiger charge is 2.56. The molecule has 2 fully saturated rings. The molecule has 1 aliphatic heterocycles. The maximum Gasteiger partial charge on any atom is 0.414 e. The smallest absolute Gasteiger partial charge is 0.414 e. The van der Waals surface area contributed by atoms with Gasteiger partial charge in [-0.1, -0.05) is 87.5 Å². The molecular weight excluding hydrogens is 561 g/mol. The summed E-state index contributed by atoms with van der Waals surface area (Å²) in [5, 5.41) is 2.48. The fourth-order valence-electron chi connectivity index (χ4n) is 6.94. The van der Waals surface area contributed by atoms with E-state index >= 15 is 4.39 Å². The van der Waals surface area contributed by atoms with Crippen molar-refractivity contribution in [1.29, 1.82) is 0 Å². The summed E-state index contributed by atoms with van der Waals surface area (Å²) >= 11 is 0. The van der Waals surface area contributed by atoms with Crippen LogP contribution >= 0.6 is 0 Å². The Hall–Kier alpha value is -3.75. The maximum atomic E-state index is 15.4. The highest BCUT2D eigenvalue weighted by Crippen LogP contribution is 2.58. The highest BCUT2D eigenvalue weighted by molar-refractivity contribution is 6.99. The van der Waals surface area contributed by atoms with Gasteiger partial charge in [-0.15, -0.1) is 0 Å². The van der Waals surface area contributed by atoms with Crippen molar-refractivity contribution in [3.8, 4) is 0 Å². The number of hydrogen-bond donors (Lipinski definition) is 0. The lowest BCUT2D eigenvalue weighted by atomic mass is 10.00. The quantitative estimate of drug-likeness (QED) is 0.225. The number of carbonyl (C=O) groups excluding carboxylic acids is 2. The minimum absolute atomic E-state index is 0.0191. The Morgan fingerprint density at radius 1 is 1.00 bits per heavy atom. The summed E-state index contributed by atoms with van der Waals surface area (Å²) in [6, 6.07) is 26.3. The van der Waals surface area contributed by atoms with Gasteiger partial charge in [-0.2, -0.15) is 0 Å². The first-order valence-corrected chi connectivity index (χ1v) is 16.9. The molecular formula is C35H38FNO5Si. The van der Waals surface area contributed by atoms with Gasteiger partial charge in [0.25, 0.3) is 8.32 Å². The molecule has 2 aliphatic carbocycles. The Balaban J connectivity index is 1.16. The molecule has 43 heavy (non-hydrogen) atoms. The largest absolute Gasteiger partial charge is 0.462 e. The number of fused-ring (bicyclic) bond motifs is 1. The molecule has 3 aromatic rings. The van der Waals surface area contributed by atoms with Crippen molar-refractivity contribution in [3.63, 3.8) is 0 Å². The van der Waals surface area contributed by atoms with E-state index in [1.807, 2.05) is 0 Å². The van der Waals surface area contributed by atoms with E-state index in [2.05, 4.69) is 87.5 Å². The van der Waals surface area contributed by atoms with Gasteiger partial charge in [0.2, 0.25) is 0 Å². The van der Waals surface area contributed by atoms with Crippen molar-refractivity contribution >= 4 is 42.0 Å². The Kier molecular flexibility index (Phi) is 7.77. The van der Waals surface area contributed by atoms with Crippen molar-refractivity contribution in [1.82, 2.24) is 0 Å². The summed E-state index contributed by atoms with van der Waals surface area (Å²) in [5.41, 5.74) is 2.01. The lowest BCUT2D eigenvalue weighted by Crippen LogP contribution is -2.66. The number of esters is 1. The topological polar surface area (TPSA) is 65.1 Å². The molecule has 1 amide bonds. The molecule has 4 atom stereocenters. The summed E-state index contributed by atoms with van der Waals surface area (Å²) in [4.78, 5) is 24.8. The lowest BCUT2D eigenvalue weighted by molar-refractivity contribution is -0.143. The van der Waals surface area contributed by atoms with Gasteiger partial charge in [0.1, 0.15) is 12.4 Å². The standard InChI is InChI=1S/C35H38FNO5Si/c1-23(38)40-21-26-20-37(34(39)42-26)25-15-16-29(33(36)19-25)24-17-30-31(18-24)32(30)22-41-43(35(2,3)4,27-11-7-5-8-12-27)28-13-9-6-10-14-28/h5-17,19,26,30-32H,18,20-22H2,1-4H3/t26-,30-,31+,32+/m1/s1. The number of hydrogen-bond acceptors (Lipinski definition) is 5. The van der Waals surface area contributed by atoms with Gasteiger partial charge in [-0.3, -0.25) is 9.69 Å². The molecule has 0 aromatic heterocycles. The van der Waals surface area contributed by atoms with Gasteiger partial charge in [0.05, 0.1) is 12.2 Å². The van der Waals surface area contributed by atoms with Gasteiger partial charge in [0.15, 0.2) is 6.10 Å². The number of allylic oxidation sites excluding steroid dienone is 2. The van der Waals surface area contributed by atoms with E-state index in [9.17, 15) is 9.59 Å². The first-order chi connectivity index (χ1) is 20.6. The Morgan fingerprint density at radius 3 is 2.19 bits per heavy atom. The Morgan fingerprint density at radius 2 is 1.65 bits per heavy atom.